The van der Waals surface area contributed by atoms with Crippen molar-refractivity contribution in [1.82, 2.24) is 25.7 Å². The van der Waals surface area contributed by atoms with Crippen molar-refractivity contribution >= 4 is 11.8 Å². The van der Waals surface area contributed by atoms with E-state index in [1.54, 1.807) is 0 Å². The maximum atomic E-state index is 6.04. The van der Waals surface area contributed by atoms with Crippen LogP contribution in [0.15, 0.2) is 0 Å². The van der Waals surface area contributed by atoms with Crippen LogP contribution in [0, 0.1) is 0 Å². The number of hydrogen-bond acceptors (Lipinski definition) is 5. The van der Waals surface area contributed by atoms with E-state index in [9.17, 15) is 0 Å². The summed E-state index contributed by atoms with van der Waals surface area (Å²) in [6.07, 6.45) is 0. The summed E-state index contributed by atoms with van der Waals surface area (Å²) in [6, 6.07) is 0. The fourth-order valence-corrected chi connectivity index (χ4v) is 1.71. The molecule has 0 aromatic heterocycles. The first-order chi connectivity index (χ1) is 7.89. The van der Waals surface area contributed by atoms with Gasteiger partial charge < -0.3 is 21.3 Å². The molecule has 6 heteroatoms. The molecule has 1 saturated heterocycles. The summed E-state index contributed by atoms with van der Waals surface area (Å²) in [7, 11) is 0. The highest BCUT2D eigenvalue weighted by molar-refractivity contribution is 6.13. The smallest absolute Gasteiger partial charge is 0.0264 e. The first-order valence-electron chi connectivity index (χ1n) is 6.13. The number of halogens is 1. The minimum absolute atomic E-state index is 0.890. The fourth-order valence-electron chi connectivity index (χ4n) is 1.54. The van der Waals surface area contributed by atoms with Gasteiger partial charge in [-0.2, -0.15) is 0 Å². The van der Waals surface area contributed by atoms with Gasteiger partial charge in [0, 0.05) is 65.4 Å². The minimum Gasteiger partial charge on any atom is -0.314 e. The first kappa shape index (κ1) is 14.2. The summed E-state index contributed by atoms with van der Waals surface area (Å²) in [4.78, 5) is 0. The lowest BCUT2D eigenvalue weighted by Crippen LogP contribution is -2.35. The Morgan fingerprint density at radius 1 is 0.562 bits per heavy atom. The van der Waals surface area contributed by atoms with Crippen LogP contribution >= 0.6 is 11.8 Å². The summed E-state index contributed by atoms with van der Waals surface area (Å²) in [5.74, 6) is 0. The van der Waals surface area contributed by atoms with E-state index in [4.69, 9.17) is 11.8 Å². The summed E-state index contributed by atoms with van der Waals surface area (Å²) in [5.41, 5.74) is 0. The second kappa shape index (κ2) is 10.3. The molecule has 0 atom stereocenters. The molecule has 0 unspecified atom stereocenters. The zero-order chi connectivity index (χ0) is 11.5. The van der Waals surface area contributed by atoms with Crippen LogP contribution in [0.5, 0.6) is 0 Å². The maximum Gasteiger partial charge on any atom is 0.0264 e. The van der Waals surface area contributed by atoms with Gasteiger partial charge in [-0.05, 0) is 11.8 Å². The third-order valence-electron chi connectivity index (χ3n) is 2.50. The largest absolute Gasteiger partial charge is 0.314 e. The molecule has 1 rings (SSSR count). The average molecular weight is 250 g/mol. The molecule has 0 radical (unpaired) electrons. The number of hydrogen-bond donors (Lipinski definition) is 4. The highest BCUT2D eigenvalue weighted by Gasteiger charge is 2.00. The molecule has 1 aliphatic heterocycles. The predicted molar refractivity (Wildman–Crippen MR) is 68.9 cm³/mol. The summed E-state index contributed by atoms with van der Waals surface area (Å²) >= 11 is 6.04. The van der Waals surface area contributed by atoms with Crippen molar-refractivity contribution in [2.75, 3.05) is 65.4 Å². The van der Waals surface area contributed by atoms with Crippen molar-refractivity contribution in [3.05, 3.63) is 0 Å². The lowest BCUT2D eigenvalue weighted by atomic mass is 10.5. The van der Waals surface area contributed by atoms with Crippen LogP contribution < -0.4 is 21.3 Å². The molecule has 1 aliphatic rings. The van der Waals surface area contributed by atoms with Crippen LogP contribution in [0.25, 0.3) is 0 Å². The Bertz CT molecular complexity index is 142. The highest BCUT2D eigenvalue weighted by atomic mass is 35.5. The van der Waals surface area contributed by atoms with E-state index >= 15 is 0 Å². The van der Waals surface area contributed by atoms with Gasteiger partial charge in [0.2, 0.25) is 0 Å². The van der Waals surface area contributed by atoms with Crippen molar-refractivity contribution in [3.8, 4) is 0 Å². The zero-order valence-electron chi connectivity index (χ0n) is 9.90. The molecule has 0 aliphatic carbocycles. The summed E-state index contributed by atoms with van der Waals surface area (Å²) in [6.45, 7) is 9.78. The van der Waals surface area contributed by atoms with Crippen molar-refractivity contribution in [1.29, 1.82) is 0 Å². The van der Waals surface area contributed by atoms with Gasteiger partial charge in [0.1, 0.15) is 0 Å². The molecule has 5 nitrogen and oxygen atoms in total. The Morgan fingerprint density at radius 3 is 1.25 bits per heavy atom. The molecular weight excluding hydrogens is 226 g/mol. The van der Waals surface area contributed by atoms with E-state index in [0.29, 0.717) is 0 Å². The second-order valence-electron chi connectivity index (χ2n) is 3.91. The molecule has 0 saturated carbocycles. The normalized spacial score (nSPS) is 24.6. The van der Waals surface area contributed by atoms with Crippen LogP contribution in [0.3, 0.4) is 0 Å². The fraction of sp³-hybridized carbons (Fsp3) is 1.00. The van der Waals surface area contributed by atoms with Gasteiger partial charge in [-0.3, -0.25) is 0 Å². The molecule has 0 aromatic carbocycles. The van der Waals surface area contributed by atoms with Gasteiger partial charge in [-0.15, -0.1) is 0 Å². The zero-order valence-corrected chi connectivity index (χ0v) is 10.7. The molecule has 96 valence electrons. The lowest BCUT2D eigenvalue weighted by molar-refractivity contribution is 0.432. The number of nitrogens with one attached hydrogen (secondary N) is 4. The van der Waals surface area contributed by atoms with Crippen LogP contribution in [-0.2, 0) is 0 Å². The van der Waals surface area contributed by atoms with Gasteiger partial charge in [-0.1, -0.05) is 0 Å². The molecule has 0 amide bonds. The third-order valence-corrected chi connectivity index (χ3v) is 2.84. The topological polar surface area (TPSA) is 51.4 Å². The third kappa shape index (κ3) is 8.27. The molecule has 1 heterocycles. The Hall–Kier alpha value is 0.0900. The quantitative estimate of drug-likeness (QED) is 0.407. The maximum absolute atomic E-state index is 6.04. The van der Waals surface area contributed by atoms with Crippen molar-refractivity contribution < 1.29 is 0 Å². The van der Waals surface area contributed by atoms with Crippen LogP contribution in [0.2, 0.25) is 0 Å². The lowest BCUT2D eigenvalue weighted by Gasteiger charge is -2.14. The molecular formula is C10H24ClN5. The van der Waals surface area contributed by atoms with E-state index in [0.717, 1.165) is 65.4 Å². The van der Waals surface area contributed by atoms with E-state index in [-0.39, 0.29) is 0 Å². The summed E-state index contributed by atoms with van der Waals surface area (Å²) < 4.78 is 1.83. The molecule has 0 aromatic rings. The van der Waals surface area contributed by atoms with E-state index in [1.807, 2.05) is 4.42 Å². The Labute approximate surface area is 103 Å². The highest BCUT2D eigenvalue weighted by Crippen LogP contribution is 1.90. The van der Waals surface area contributed by atoms with Gasteiger partial charge in [0.15, 0.2) is 0 Å². The Kier molecular flexibility index (Phi) is 9.07. The Balaban J connectivity index is 2.10. The van der Waals surface area contributed by atoms with Gasteiger partial charge in [-0.25, -0.2) is 4.42 Å². The minimum atomic E-state index is 0.890. The SMILES string of the molecule is ClN1CCNCCNCCNCCNCC1. The second-order valence-corrected chi connectivity index (χ2v) is 4.39. The monoisotopic (exact) mass is 249 g/mol. The average Bonchev–Trinajstić information content (AvgIpc) is 2.29. The van der Waals surface area contributed by atoms with Crippen molar-refractivity contribution in [2.24, 2.45) is 0 Å². The van der Waals surface area contributed by atoms with E-state index in [1.165, 1.54) is 0 Å². The number of rotatable bonds is 0. The van der Waals surface area contributed by atoms with E-state index in [2.05, 4.69) is 21.3 Å². The number of nitrogens with zero attached hydrogens (tertiary/aromatic N) is 1. The molecule has 16 heavy (non-hydrogen) atoms. The molecule has 1 fully saturated rings. The predicted octanol–water partition coefficient (Wildman–Crippen LogP) is -1.19. The van der Waals surface area contributed by atoms with Crippen molar-refractivity contribution in [2.45, 2.75) is 0 Å². The van der Waals surface area contributed by atoms with Gasteiger partial charge in [0.05, 0.1) is 0 Å². The van der Waals surface area contributed by atoms with Crippen LogP contribution in [-0.4, -0.2) is 69.9 Å². The van der Waals surface area contributed by atoms with Crippen LogP contribution in [0.4, 0.5) is 0 Å². The first-order valence-corrected chi connectivity index (χ1v) is 6.47. The Morgan fingerprint density at radius 2 is 0.875 bits per heavy atom. The van der Waals surface area contributed by atoms with Crippen LogP contribution in [0.1, 0.15) is 0 Å². The molecule has 4 N–H and O–H groups in total. The summed E-state index contributed by atoms with van der Waals surface area (Å²) in [5, 5.41) is 13.5. The standard InChI is InChI=1S/C10H24ClN5/c11-16-9-7-14-5-3-12-1-2-13-4-6-15-8-10-16/h12-15H,1-10H2. The van der Waals surface area contributed by atoms with Gasteiger partial charge in [0.25, 0.3) is 0 Å². The van der Waals surface area contributed by atoms with E-state index < -0.39 is 0 Å². The van der Waals surface area contributed by atoms with Crippen molar-refractivity contribution in [3.63, 3.8) is 0 Å². The molecule has 0 bridgehead atoms. The van der Waals surface area contributed by atoms with Gasteiger partial charge >= 0.3 is 0 Å². The molecule has 0 spiro atoms.